The lowest BCUT2D eigenvalue weighted by Crippen LogP contribution is -2.26. The fourth-order valence-corrected chi connectivity index (χ4v) is 2.73. The van der Waals surface area contributed by atoms with Crippen LogP contribution in [-0.2, 0) is 11.3 Å². The van der Waals surface area contributed by atoms with Crippen LogP contribution in [0.4, 0.5) is 0 Å². The minimum atomic E-state index is -0.220. The molecule has 1 aromatic heterocycles. The van der Waals surface area contributed by atoms with Gasteiger partial charge >= 0.3 is 0 Å². The number of rotatable bonds is 5. The first-order chi connectivity index (χ1) is 10.0. The number of benzene rings is 1. The summed E-state index contributed by atoms with van der Waals surface area (Å²) in [5.41, 5.74) is 1.77. The standard InChI is InChI=1S/C15H17Cl2N3O/c1-9(16)15-19-12-8-10(17)2-5-13(12)20(15)7-6-14(21)18-11-3-4-11/h2,5,8-9,11H,3-4,6-7H2,1H3,(H,18,21). The molecule has 1 aliphatic rings. The SMILES string of the molecule is CC(Cl)c1nc2cc(Cl)ccc2n1CCC(=O)NC1CC1. The molecule has 0 bridgehead atoms. The molecule has 21 heavy (non-hydrogen) atoms. The Morgan fingerprint density at radius 2 is 2.29 bits per heavy atom. The van der Waals surface area contributed by atoms with Gasteiger partial charge in [-0.05, 0) is 38.0 Å². The summed E-state index contributed by atoms with van der Waals surface area (Å²) in [5, 5.41) is 3.42. The topological polar surface area (TPSA) is 46.9 Å². The highest BCUT2D eigenvalue weighted by Gasteiger charge is 2.23. The van der Waals surface area contributed by atoms with Gasteiger partial charge in [0, 0.05) is 24.0 Å². The predicted molar refractivity (Wildman–Crippen MR) is 84.8 cm³/mol. The second-order valence-corrected chi connectivity index (χ2v) is 6.55. The first kappa shape index (κ1) is 14.7. The van der Waals surface area contributed by atoms with Gasteiger partial charge in [0.25, 0.3) is 0 Å². The van der Waals surface area contributed by atoms with Crippen LogP contribution in [0.25, 0.3) is 11.0 Å². The third-order valence-electron chi connectivity index (χ3n) is 3.60. The molecule has 1 fully saturated rings. The van der Waals surface area contributed by atoms with Crippen molar-refractivity contribution in [2.45, 2.75) is 44.1 Å². The number of carbonyl (C=O) groups excluding carboxylic acids is 1. The van der Waals surface area contributed by atoms with Crippen LogP contribution in [0.1, 0.15) is 37.4 Å². The number of nitrogens with zero attached hydrogens (tertiary/aromatic N) is 2. The van der Waals surface area contributed by atoms with Gasteiger partial charge in [-0.15, -0.1) is 11.6 Å². The van der Waals surface area contributed by atoms with E-state index in [0.29, 0.717) is 24.0 Å². The third-order valence-corrected chi connectivity index (χ3v) is 4.03. The molecule has 4 nitrogen and oxygen atoms in total. The van der Waals surface area contributed by atoms with Crippen molar-refractivity contribution in [1.82, 2.24) is 14.9 Å². The molecule has 2 aromatic rings. The molecular weight excluding hydrogens is 309 g/mol. The second-order valence-electron chi connectivity index (χ2n) is 5.46. The molecule has 1 atom stereocenters. The minimum absolute atomic E-state index is 0.0847. The lowest BCUT2D eigenvalue weighted by Gasteiger charge is -2.10. The Morgan fingerprint density at radius 1 is 1.52 bits per heavy atom. The Hall–Kier alpha value is -1.26. The molecule has 0 radical (unpaired) electrons. The van der Waals surface area contributed by atoms with Crippen molar-refractivity contribution >= 4 is 40.1 Å². The number of amides is 1. The highest BCUT2D eigenvalue weighted by atomic mass is 35.5. The van der Waals surface area contributed by atoms with E-state index in [1.165, 1.54) is 0 Å². The van der Waals surface area contributed by atoms with Gasteiger partial charge in [0.15, 0.2) is 0 Å². The lowest BCUT2D eigenvalue weighted by molar-refractivity contribution is -0.121. The van der Waals surface area contributed by atoms with E-state index in [1.807, 2.05) is 29.7 Å². The zero-order valence-electron chi connectivity index (χ0n) is 11.8. The fourth-order valence-electron chi connectivity index (χ4n) is 2.40. The molecule has 0 saturated heterocycles. The first-order valence-corrected chi connectivity index (χ1v) is 7.95. The van der Waals surface area contributed by atoms with Gasteiger partial charge in [-0.1, -0.05) is 11.6 Å². The van der Waals surface area contributed by atoms with Crippen molar-refractivity contribution in [3.63, 3.8) is 0 Å². The number of fused-ring (bicyclic) bond motifs is 1. The highest BCUT2D eigenvalue weighted by molar-refractivity contribution is 6.31. The van der Waals surface area contributed by atoms with Crippen LogP contribution >= 0.6 is 23.2 Å². The zero-order chi connectivity index (χ0) is 15.0. The summed E-state index contributed by atoms with van der Waals surface area (Å²) in [6.07, 6.45) is 2.63. The zero-order valence-corrected chi connectivity index (χ0v) is 13.3. The van der Waals surface area contributed by atoms with Crippen molar-refractivity contribution in [2.24, 2.45) is 0 Å². The van der Waals surface area contributed by atoms with E-state index in [4.69, 9.17) is 23.2 Å². The number of carbonyl (C=O) groups is 1. The molecule has 1 amide bonds. The summed E-state index contributed by atoms with van der Waals surface area (Å²) in [7, 11) is 0. The molecule has 1 saturated carbocycles. The number of alkyl halides is 1. The second kappa shape index (κ2) is 5.85. The third kappa shape index (κ3) is 3.33. The van der Waals surface area contributed by atoms with E-state index in [1.54, 1.807) is 0 Å². The van der Waals surface area contributed by atoms with Gasteiger partial charge in [0.05, 0.1) is 16.4 Å². The van der Waals surface area contributed by atoms with Gasteiger partial charge in [0.1, 0.15) is 5.82 Å². The Morgan fingerprint density at radius 3 is 2.95 bits per heavy atom. The van der Waals surface area contributed by atoms with Gasteiger partial charge in [-0.3, -0.25) is 4.79 Å². The molecule has 1 aliphatic carbocycles. The van der Waals surface area contributed by atoms with E-state index in [2.05, 4.69) is 10.3 Å². The molecule has 1 unspecified atom stereocenters. The lowest BCUT2D eigenvalue weighted by atomic mass is 10.3. The van der Waals surface area contributed by atoms with E-state index < -0.39 is 0 Å². The average molecular weight is 326 g/mol. The van der Waals surface area contributed by atoms with E-state index in [0.717, 1.165) is 29.7 Å². The summed E-state index contributed by atoms with van der Waals surface area (Å²) in [5.74, 6) is 0.856. The molecule has 1 aromatic carbocycles. The number of hydrogen-bond acceptors (Lipinski definition) is 2. The van der Waals surface area contributed by atoms with Crippen molar-refractivity contribution in [1.29, 1.82) is 0 Å². The Balaban J connectivity index is 1.84. The molecular formula is C15H17Cl2N3O. The quantitative estimate of drug-likeness (QED) is 0.853. The van der Waals surface area contributed by atoms with Crippen LogP contribution in [0.3, 0.4) is 0 Å². The normalized spacial score (nSPS) is 16.1. The number of hydrogen-bond donors (Lipinski definition) is 1. The summed E-state index contributed by atoms with van der Waals surface area (Å²) in [4.78, 5) is 16.4. The maximum absolute atomic E-state index is 11.9. The smallest absolute Gasteiger partial charge is 0.222 e. The average Bonchev–Trinajstić information content (AvgIpc) is 3.15. The molecule has 1 heterocycles. The van der Waals surface area contributed by atoms with Crippen molar-refractivity contribution in [3.05, 3.63) is 29.0 Å². The van der Waals surface area contributed by atoms with Crippen LogP contribution < -0.4 is 5.32 Å². The monoisotopic (exact) mass is 325 g/mol. The van der Waals surface area contributed by atoms with Crippen molar-refractivity contribution in [2.75, 3.05) is 0 Å². The van der Waals surface area contributed by atoms with Gasteiger partial charge in [-0.2, -0.15) is 0 Å². The Labute approximate surface area is 133 Å². The van der Waals surface area contributed by atoms with Crippen molar-refractivity contribution < 1.29 is 4.79 Å². The van der Waals surface area contributed by atoms with Gasteiger partial charge in [0.2, 0.25) is 5.91 Å². The minimum Gasteiger partial charge on any atom is -0.353 e. The predicted octanol–water partition coefficient (Wildman–Crippen LogP) is 3.66. The van der Waals surface area contributed by atoms with Crippen LogP contribution in [0.5, 0.6) is 0 Å². The Bertz CT molecular complexity index is 677. The van der Waals surface area contributed by atoms with Crippen LogP contribution in [0, 0.1) is 0 Å². The Kier molecular flexibility index (Phi) is 4.09. The number of imidazole rings is 1. The molecule has 3 rings (SSSR count). The molecule has 112 valence electrons. The maximum Gasteiger partial charge on any atom is 0.222 e. The largest absolute Gasteiger partial charge is 0.353 e. The molecule has 0 aliphatic heterocycles. The fraction of sp³-hybridized carbons (Fsp3) is 0.467. The molecule has 6 heteroatoms. The first-order valence-electron chi connectivity index (χ1n) is 7.13. The summed E-state index contributed by atoms with van der Waals surface area (Å²) in [6, 6.07) is 5.96. The molecule has 0 spiro atoms. The number of nitrogens with one attached hydrogen (secondary N) is 1. The van der Waals surface area contributed by atoms with Gasteiger partial charge in [-0.25, -0.2) is 4.98 Å². The summed E-state index contributed by atoms with van der Waals surface area (Å²) < 4.78 is 2.01. The highest BCUT2D eigenvalue weighted by Crippen LogP contribution is 2.27. The van der Waals surface area contributed by atoms with Crippen LogP contribution in [0.2, 0.25) is 5.02 Å². The molecule has 1 N–H and O–H groups in total. The number of halogens is 2. The summed E-state index contributed by atoms with van der Waals surface area (Å²) in [6.45, 7) is 2.45. The van der Waals surface area contributed by atoms with E-state index >= 15 is 0 Å². The maximum atomic E-state index is 11.9. The van der Waals surface area contributed by atoms with Crippen LogP contribution in [-0.4, -0.2) is 21.5 Å². The van der Waals surface area contributed by atoms with Crippen molar-refractivity contribution in [3.8, 4) is 0 Å². The summed E-state index contributed by atoms with van der Waals surface area (Å²) >= 11 is 12.2. The number of aromatic nitrogens is 2. The van der Waals surface area contributed by atoms with E-state index in [9.17, 15) is 4.79 Å². The van der Waals surface area contributed by atoms with Crippen LogP contribution in [0.15, 0.2) is 18.2 Å². The van der Waals surface area contributed by atoms with Gasteiger partial charge < -0.3 is 9.88 Å². The number of aryl methyl sites for hydroxylation is 1. The van der Waals surface area contributed by atoms with E-state index in [-0.39, 0.29) is 11.3 Å².